The summed E-state index contributed by atoms with van der Waals surface area (Å²) >= 11 is 12.9. The molecule has 1 aromatic heterocycles. The number of para-hydroxylation sites is 1. The van der Waals surface area contributed by atoms with Gasteiger partial charge in [0.25, 0.3) is 11.1 Å². The molecule has 1 aliphatic rings. The van der Waals surface area contributed by atoms with Crippen LogP contribution in [0.3, 0.4) is 0 Å². The number of rotatable bonds is 5. The largest absolute Gasteiger partial charge is 0.342 e. The number of aromatic nitrogens is 1. The number of halogens is 2. The number of hydrogen-bond donors (Lipinski definition) is 0. The molecule has 2 heterocycles. The third-order valence-corrected chi connectivity index (χ3v) is 6.91. The summed E-state index contributed by atoms with van der Waals surface area (Å²) in [6.07, 6.45) is 3.83. The molecule has 1 fully saturated rings. The Labute approximate surface area is 205 Å². The average Bonchev–Trinajstić information content (AvgIpc) is 3.29. The van der Waals surface area contributed by atoms with Crippen molar-refractivity contribution in [1.82, 2.24) is 9.47 Å². The minimum absolute atomic E-state index is 0.220. The van der Waals surface area contributed by atoms with Crippen LogP contribution in [0.15, 0.2) is 83.9 Å². The van der Waals surface area contributed by atoms with Gasteiger partial charge in [0.1, 0.15) is 0 Å². The molecule has 2 amide bonds. The lowest BCUT2D eigenvalue weighted by Gasteiger charge is -2.12. The third-order valence-electron chi connectivity index (χ3n) is 5.50. The summed E-state index contributed by atoms with van der Waals surface area (Å²) in [7, 11) is 0. The van der Waals surface area contributed by atoms with E-state index in [2.05, 4.69) is 10.6 Å². The minimum Gasteiger partial charge on any atom is -0.342 e. The summed E-state index contributed by atoms with van der Waals surface area (Å²) in [5, 5.41) is 2.07. The van der Waals surface area contributed by atoms with Crippen molar-refractivity contribution >= 4 is 63.1 Å². The van der Waals surface area contributed by atoms with Crippen LogP contribution in [0, 0.1) is 0 Å². The van der Waals surface area contributed by atoms with E-state index in [1.807, 2.05) is 66.9 Å². The Balaban J connectivity index is 1.45. The van der Waals surface area contributed by atoms with Crippen LogP contribution in [0.25, 0.3) is 17.0 Å². The summed E-state index contributed by atoms with van der Waals surface area (Å²) in [5.41, 5.74) is 3.92. The number of carbonyl (C=O) groups excluding carboxylic acids is 2. The van der Waals surface area contributed by atoms with E-state index in [9.17, 15) is 9.59 Å². The first-order chi connectivity index (χ1) is 16.0. The first kappa shape index (κ1) is 21.8. The van der Waals surface area contributed by atoms with E-state index in [1.54, 1.807) is 12.1 Å². The topological polar surface area (TPSA) is 42.3 Å². The Kier molecular flexibility index (Phi) is 6.02. The van der Waals surface area contributed by atoms with Crippen LogP contribution in [0.4, 0.5) is 4.79 Å². The van der Waals surface area contributed by atoms with Crippen LogP contribution in [0.2, 0.25) is 10.0 Å². The van der Waals surface area contributed by atoms with E-state index in [1.165, 1.54) is 4.90 Å². The Bertz CT molecular complexity index is 1390. The van der Waals surface area contributed by atoms with Gasteiger partial charge in [0.05, 0.1) is 11.4 Å². The lowest BCUT2D eigenvalue weighted by Crippen LogP contribution is -2.27. The highest BCUT2D eigenvalue weighted by Crippen LogP contribution is 2.35. The minimum atomic E-state index is -0.283. The molecule has 0 aliphatic carbocycles. The van der Waals surface area contributed by atoms with Gasteiger partial charge in [-0.3, -0.25) is 14.5 Å². The zero-order valence-corrected chi connectivity index (χ0v) is 19.7. The number of imide groups is 1. The second-order valence-corrected chi connectivity index (χ2v) is 9.62. The van der Waals surface area contributed by atoms with Gasteiger partial charge in [0.15, 0.2) is 0 Å². The smallest absolute Gasteiger partial charge is 0.293 e. The molecule has 0 atom stereocenters. The van der Waals surface area contributed by atoms with Crippen LogP contribution in [0.5, 0.6) is 0 Å². The van der Waals surface area contributed by atoms with Crippen molar-refractivity contribution in [2.45, 2.75) is 13.1 Å². The lowest BCUT2D eigenvalue weighted by atomic mass is 10.1. The van der Waals surface area contributed by atoms with Gasteiger partial charge in [-0.05, 0) is 59.3 Å². The van der Waals surface area contributed by atoms with Crippen molar-refractivity contribution in [3.63, 3.8) is 0 Å². The zero-order valence-electron chi connectivity index (χ0n) is 17.4. The quantitative estimate of drug-likeness (QED) is 0.276. The second kappa shape index (κ2) is 9.10. The van der Waals surface area contributed by atoms with E-state index >= 15 is 0 Å². The van der Waals surface area contributed by atoms with Gasteiger partial charge in [-0.15, -0.1) is 0 Å². The monoisotopic (exact) mass is 492 g/mol. The maximum Gasteiger partial charge on any atom is 0.293 e. The maximum absolute atomic E-state index is 13.0. The molecule has 0 N–H and O–H groups in total. The molecular weight excluding hydrogens is 475 g/mol. The van der Waals surface area contributed by atoms with Crippen molar-refractivity contribution in [2.75, 3.05) is 0 Å². The first-order valence-electron chi connectivity index (χ1n) is 10.3. The van der Waals surface area contributed by atoms with Gasteiger partial charge in [0.2, 0.25) is 0 Å². The second-order valence-electron chi connectivity index (χ2n) is 7.75. The van der Waals surface area contributed by atoms with E-state index in [0.717, 1.165) is 39.4 Å². The maximum atomic E-state index is 13.0. The SMILES string of the molecule is O=C1S/C(=C\c2cn(Cc3ccc(Cl)cc3)c3ccccc23)C(=O)N1Cc1ccc(Cl)cc1. The lowest BCUT2D eigenvalue weighted by molar-refractivity contribution is -0.123. The van der Waals surface area contributed by atoms with E-state index < -0.39 is 0 Å². The number of benzene rings is 3. The number of nitrogens with zero attached hydrogens (tertiary/aromatic N) is 2. The number of carbonyl (C=O) groups is 2. The molecule has 0 unspecified atom stereocenters. The van der Waals surface area contributed by atoms with Crippen molar-refractivity contribution in [3.05, 3.63) is 111 Å². The normalized spacial score (nSPS) is 15.2. The van der Waals surface area contributed by atoms with Gasteiger partial charge in [-0.1, -0.05) is 65.7 Å². The molecule has 0 saturated carbocycles. The third kappa shape index (κ3) is 4.58. The highest BCUT2D eigenvalue weighted by Gasteiger charge is 2.35. The molecule has 1 saturated heterocycles. The fourth-order valence-electron chi connectivity index (χ4n) is 3.86. The predicted octanol–water partition coefficient (Wildman–Crippen LogP) is 7.23. The molecular formula is C26H18Cl2N2O2S. The molecule has 0 radical (unpaired) electrons. The average molecular weight is 493 g/mol. The molecule has 4 nitrogen and oxygen atoms in total. The Hall–Kier alpha value is -2.99. The number of amides is 2. The van der Waals surface area contributed by atoms with Crippen LogP contribution in [0.1, 0.15) is 16.7 Å². The number of fused-ring (bicyclic) bond motifs is 1. The fourth-order valence-corrected chi connectivity index (χ4v) is 4.94. The summed E-state index contributed by atoms with van der Waals surface area (Å²) in [6, 6.07) is 22.9. The van der Waals surface area contributed by atoms with Gasteiger partial charge in [-0.2, -0.15) is 0 Å². The van der Waals surface area contributed by atoms with Gasteiger partial charge >= 0.3 is 0 Å². The standard InChI is InChI=1S/C26H18Cl2N2O2S/c27-20-9-5-17(6-10-20)14-29-16-19(22-3-1-2-4-23(22)29)13-24-25(31)30(26(32)33-24)15-18-7-11-21(28)12-8-18/h1-13,16H,14-15H2/b24-13-. The van der Waals surface area contributed by atoms with Gasteiger partial charge in [0, 0.05) is 39.3 Å². The van der Waals surface area contributed by atoms with E-state index in [-0.39, 0.29) is 17.7 Å². The molecule has 4 aromatic rings. The van der Waals surface area contributed by atoms with Gasteiger partial charge < -0.3 is 4.57 Å². The van der Waals surface area contributed by atoms with E-state index in [0.29, 0.717) is 21.5 Å². The highest BCUT2D eigenvalue weighted by atomic mass is 35.5. The highest BCUT2D eigenvalue weighted by molar-refractivity contribution is 8.18. The molecule has 7 heteroatoms. The van der Waals surface area contributed by atoms with Crippen molar-refractivity contribution < 1.29 is 9.59 Å². The Morgan fingerprint density at radius 3 is 2.06 bits per heavy atom. The zero-order chi connectivity index (χ0) is 22.9. The predicted molar refractivity (Wildman–Crippen MR) is 135 cm³/mol. The molecule has 0 spiro atoms. The van der Waals surface area contributed by atoms with Crippen molar-refractivity contribution in [1.29, 1.82) is 0 Å². The van der Waals surface area contributed by atoms with Crippen LogP contribution in [-0.4, -0.2) is 20.6 Å². The van der Waals surface area contributed by atoms with E-state index in [4.69, 9.17) is 23.2 Å². The summed E-state index contributed by atoms with van der Waals surface area (Å²) in [5.74, 6) is -0.283. The molecule has 164 valence electrons. The molecule has 0 bridgehead atoms. The van der Waals surface area contributed by atoms with Crippen molar-refractivity contribution in [3.8, 4) is 0 Å². The van der Waals surface area contributed by atoms with Crippen molar-refractivity contribution in [2.24, 2.45) is 0 Å². The number of hydrogen-bond acceptors (Lipinski definition) is 3. The van der Waals surface area contributed by atoms with Crippen LogP contribution in [-0.2, 0) is 17.9 Å². The molecule has 5 rings (SSSR count). The molecule has 1 aliphatic heterocycles. The van der Waals surface area contributed by atoms with Crippen LogP contribution >= 0.6 is 35.0 Å². The van der Waals surface area contributed by atoms with Crippen LogP contribution < -0.4 is 0 Å². The summed E-state index contributed by atoms with van der Waals surface area (Å²) in [6.45, 7) is 0.890. The molecule has 3 aromatic carbocycles. The molecule has 33 heavy (non-hydrogen) atoms. The number of thioether (sulfide) groups is 1. The first-order valence-corrected chi connectivity index (χ1v) is 11.9. The summed E-state index contributed by atoms with van der Waals surface area (Å²) < 4.78 is 2.14. The Morgan fingerprint density at radius 2 is 1.39 bits per heavy atom. The fraction of sp³-hybridized carbons (Fsp3) is 0.0769. The Morgan fingerprint density at radius 1 is 0.788 bits per heavy atom. The summed E-state index contributed by atoms with van der Waals surface area (Å²) in [4.78, 5) is 27.3. The van der Waals surface area contributed by atoms with Gasteiger partial charge in [-0.25, -0.2) is 0 Å².